The number of aliphatic hydroxyl groups excluding tert-OH is 1. The van der Waals surface area contributed by atoms with Gasteiger partial charge in [0, 0.05) is 5.56 Å². The molecule has 2 aliphatic heterocycles. The van der Waals surface area contributed by atoms with Gasteiger partial charge >= 0.3 is 0 Å². The smallest absolute Gasteiger partial charge is 0.266 e. The number of β-amino-alcohol motifs (C(OH)–C–C–N with tert-alkyl or cyclic N) is 1. The standard InChI is InChI=1S/C16H15NO3S2/c1-10-12(8-11-4-2-3-5-13(11)20-10)9-14-15(19)17(6-7-18)16(21)22-14/h2-5,8-10,18H,6-7H2,1H3/b14-9-/t10-/m1/s1. The first-order valence-electron chi connectivity index (χ1n) is 6.93. The molecule has 2 heterocycles. The Hall–Kier alpha value is -1.63. The molecule has 4 nitrogen and oxygen atoms in total. The number of thioether (sulfide) groups is 1. The van der Waals surface area contributed by atoms with Crippen LogP contribution in [0.15, 0.2) is 40.8 Å². The highest BCUT2D eigenvalue weighted by molar-refractivity contribution is 8.26. The summed E-state index contributed by atoms with van der Waals surface area (Å²) in [7, 11) is 0. The Morgan fingerprint density at radius 3 is 3.00 bits per heavy atom. The Morgan fingerprint density at radius 1 is 1.45 bits per heavy atom. The van der Waals surface area contributed by atoms with E-state index >= 15 is 0 Å². The van der Waals surface area contributed by atoms with E-state index < -0.39 is 0 Å². The molecule has 114 valence electrons. The van der Waals surface area contributed by atoms with Gasteiger partial charge in [0.25, 0.3) is 5.91 Å². The third-order valence-corrected chi connectivity index (χ3v) is 4.89. The molecule has 1 atom stereocenters. The molecule has 3 rings (SSSR count). The molecule has 2 aliphatic rings. The number of para-hydroxylation sites is 1. The second-order valence-electron chi connectivity index (χ2n) is 5.00. The average molecular weight is 333 g/mol. The summed E-state index contributed by atoms with van der Waals surface area (Å²) in [5, 5.41) is 9.01. The lowest BCUT2D eigenvalue weighted by atomic mass is 10.0. The Morgan fingerprint density at radius 2 is 2.23 bits per heavy atom. The van der Waals surface area contributed by atoms with Gasteiger partial charge in [-0.1, -0.05) is 42.2 Å². The van der Waals surface area contributed by atoms with Crippen molar-refractivity contribution in [1.29, 1.82) is 0 Å². The summed E-state index contributed by atoms with van der Waals surface area (Å²) in [5.41, 5.74) is 1.93. The van der Waals surface area contributed by atoms with E-state index in [-0.39, 0.29) is 25.2 Å². The minimum absolute atomic E-state index is 0.102. The fraction of sp³-hybridized carbons (Fsp3) is 0.250. The Kier molecular flexibility index (Phi) is 4.33. The van der Waals surface area contributed by atoms with E-state index in [1.165, 1.54) is 16.7 Å². The largest absolute Gasteiger partial charge is 0.485 e. The molecule has 1 aromatic carbocycles. The normalized spacial score (nSPS) is 22.6. The van der Waals surface area contributed by atoms with Crippen molar-refractivity contribution in [2.45, 2.75) is 13.0 Å². The van der Waals surface area contributed by atoms with E-state index in [1.807, 2.05) is 43.3 Å². The SMILES string of the molecule is C[C@H]1Oc2ccccc2C=C1/C=C1\SC(=S)N(CCO)C1=O. The lowest BCUT2D eigenvalue weighted by Crippen LogP contribution is -2.30. The highest BCUT2D eigenvalue weighted by atomic mass is 32.2. The topological polar surface area (TPSA) is 49.8 Å². The maximum atomic E-state index is 12.3. The van der Waals surface area contributed by atoms with Crippen LogP contribution in [0.4, 0.5) is 0 Å². The van der Waals surface area contributed by atoms with Crippen molar-refractivity contribution in [3.05, 3.63) is 46.4 Å². The molecular formula is C16H15NO3S2. The molecule has 1 saturated heterocycles. The highest BCUT2D eigenvalue weighted by Crippen LogP contribution is 2.35. The lowest BCUT2D eigenvalue weighted by Gasteiger charge is -2.23. The number of hydrogen-bond donors (Lipinski definition) is 1. The predicted octanol–water partition coefficient (Wildman–Crippen LogP) is 2.59. The molecule has 22 heavy (non-hydrogen) atoms. The van der Waals surface area contributed by atoms with Crippen molar-refractivity contribution in [1.82, 2.24) is 4.90 Å². The summed E-state index contributed by atoms with van der Waals surface area (Å²) in [6, 6.07) is 7.79. The summed E-state index contributed by atoms with van der Waals surface area (Å²) in [5.74, 6) is 0.691. The Bertz CT molecular complexity index is 696. The van der Waals surface area contributed by atoms with Crippen LogP contribution in [0.2, 0.25) is 0 Å². The Balaban J connectivity index is 1.91. The van der Waals surface area contributed by atoms with Crippen molar-refractivity contribution in [2.24, 2.45) is 0 Å². The summed E-state index contributed by atoms with van der Waals surface area (Å²) >= 11 is 6.45. The first-order chi connectivity index (χ1) is 10.6. The predicted molar refractivity (Wildman–Crippen MR) is 91.6 cm³/mol. The van der Waals surface area contributed by atoms with Crippen LogP contribution in [-0.2, 0) is 4.79 Å². The summed E-state index contributed by atoms with van der Waals surface area (Å²) in [4.78, 5) is 14.3. The second kappa shape index (κ2) is 6.24. The molecule has 0 aliphatic carbocycles. The molecule has 1 aromatic rings. The first kappa shape index (κ1) is 15.3. The minimum atomic E-state index is -0.156. The van der Waals surface area contributed by atoms with Crippen LogP contribution >= 0.6 is 24.0 Å². The van der Waals surface area contributed by atoms with Crippen LogP contribution in [-0.4, -0.2) is 39.5 Å². The highest BCUT2D eigenvalue weighted by Gasteiger charge is 2.32. The van der Waals surface area contributed by atoms with Gasteiger partial charge in [0.1, 0.15) is 16.2 Å². The molecule has 0 bridgehead atoms. The van der Waals surface area contributed by atoms with E-state index in [1.54, 1.807) is 0 Å². The van der Waals surface area contributed by atoms with E-state index in [0.717, 1.165) is 16.9 Å². The fourth-order valence-corrected chi connectivity index (χ4v) is 3.67. The van der Waals surface area contributed by atoms with Gasteiger partial charge in [0.15, 0.2) is 0 Å². The first-order valence-corrected chi connectivity index (χ1v) is 8.16. The van der Waals surface area contributed by atoms with Crippen LogP contribution in [0.5, 0.6) is 5.75 Å². The van der Waals surface area contributed by atoms with Crippen LogP contribution in [0.25, 0.3) is 6.08 Å². The zero-order chi connectivity index (χ0) is 15.7. The number of aliphatic hydroxyl groups is 1. The van der Waals surface area contributed by atoms with E-state index in [4.69, 9.17) is 22.1 Å². The third-order valence-electron chi connectivity index (χ3n) is 3.51. The van der Waals surface area contributed by atoms with Crippen molar-refractivity contribution < 1.29 is 14.6 Å². The lowest BCUT2D eigenvalue weighted by molar-refractivity contribution is -0.122. The number of thiocarbonyl (C=S) groups is 1. The van der Waals surface area contributed by atoms with Crippen LogP contribution in [0.1, 0.15) is 12.5 Å². The number of ether oxygens (including phenoxy) is 1. The van der Waals surface area contributed by atoms with E-state index in [2.05, 4.69) is 0 Å². The number of benzene rings is 1. The molecule has 0 spiro atoms. The van der Waals surface area contributed by atoms with E-state index in [9.17, 15) is 4.79 Å². The molecule has 0 aromatic heterocycles. The van der Waals surface area contributed by atoms with Gasteiger partial charge in [-0.15, -0.1) is 0 Å². The van der Waals surface area contributed by atoms with Gasteiger partial charge in [-0.25, -0.2) is 0 Å². The minimum Gasteiger partial charge on any atom is -0.485 e. The number of hydrogen-bond acceptors (Lipinski definition) is 5. The second-order valence-corrected chi connectivity index (χ2v) is 6.67. The number of amides is 1. The summed E-state index contributed by atoms with van der Waals surface area (Å²) in [6.45, 7) is 2.08. The third kappa shape index (κ3) is 2.82. The van der Waals surface area contributed by atoms with Crippen LogP contribution < -0.4 is 4.74 Å². The fourth-order valence-electron chi connectivity index (χ4n) is 2.37. The molecule has 1 amide bonds. The van der Waals surface area contributed by atoms with Crippen molar-refractivity contribution in [3.8, 4) is 5.75 Å². The molecule has 6 heteroatoms. The molecule has 1 fully saturated rings. The van der Waals surface area contributed by atoms with Gasteiger partial charge in [-0.2, -0.15) is 0 Å². The monoisotopic (exact) mass is 333 g/mol. The average Bonchev–Trinajstić information content (AvgIpc) is 2.76. The summed E-state index contributed by atoms with van der Waals surface area (Å²) in [6.07, 6.45) is 3.73. The molecule has 1 N–H and O–H groups in total. The summed E-state index contributed by atoms with van der Waals surface area (Å²) < 4.78 is 6.35. The maximum absolute atomic E-state index is 12.3. The van der Waals surface area contributed by atoms with Gasteiger partial charge in [-0.3, -0.25) is 9.69 Å². The van der Waals surface area contributed by atoms with Crippen LogP contribution in [0.3, 0.4) is 0 Å². The van der Waals surface area contributed by atoms with E-state index in [0.29, 0.717) is 9.23 Å². The van der Waals surface area contributed by atoms with Gasteiger partial charge in [0.05, 0.1) is 18.1 Å². The molecule has 0 unspecified atom stereocenters. The number of carbonyl (C=O) groups excluding carboxylic acids is 1. The van der Waals surface area contributed by atoms with Gasteiger partial charge in [0.2, 0.25) is 0 Å². The van der Waals surface area contributed by atoms with Crippen LogP contribution in [0, 0.1) is 0 Å². The Labute approximate surface area is 138 Å². The number of fused-ring (bicyclic) bond motifs is 1. The zero-order valence-electron chi connectivity index (χ0n) is 12.0. The van der Waals surface area contributed by atoms with Crippen molar-refractivity contribution in [2.75, 3.05) is 13.2 Å². The molecular weight excluding hydrogens is 318 g/mol. The maximum Gasteiger partial charge on any atom is 0.266 e. The number of nitrogens with zero attached hydrogens (tertiary/aromatic N) is 1. The molecule has 0 radical (unpaired) electrons. The van der Waals surface area contributed by atoms with Gasteiger partial charge < -0.3 is 9.84 Å². The number of rotatable bonds is 3. The van der Waals surface area contributed by atoms with Crippen molar-refractivity contribution >= 4 is 40.3 Å². The molecule has 0 saturated carbocycles. The number of carbonyl (C=O) groups is 1. The zero-order valence-corrected chi connectivity index (χ0v) is 13.6. The van der Waals surface area contributed by atoms with Gasteiger partial charge in [-0.05, 0) is 30.7 Å². The quantitative estimate of drug-likeness (QED) is 0.681. The van der Waals surface area contributed by atoms with Crippen molar-refractivity contribution in [3.63, 3.8) is 0 Å².